The minimum absolute atomic E-state index is 0.0480. The van der Waals surface area contributed by atoms with Crippen molar-refractivity contribution in [2.24, 2.45) is 0 Å². The van der Waals surface area contributed by atoms with E-state index in [1.807, 2.05) is 0 Å². The average molecular weight is 319 g/mol. The Labute approximate surface area is 127 Å². The Morgan fingerprint density at radius 3 is 2.70 bits per heavy atom. The van der Waals surface area contributed by atoms with E-state index in [0.717, 1.165) is 6.42 Å². The number of benzene rings is 1. The monoisotopic (exact) mass is 318 g/mol. The zero-order valence-electron chi connectivity index (χ0n) is 11.0. The van der Waals surface area contributed by atoms with Crippen LogP contribution in [0.25, 0.3) is 0 Å². The van der Waals surface area contributed by atoms with E-state index >= 15 is 0 Å². The first-order valence-electron chi connectivity index (χ1n) is 6.26. The van der Waals surface area contributed by atoms with Crippen LogP contribution in [0, 0.1) is 0 Å². The van der Waals surface area contributed by atoms with Crippen LogP contribution in [0.1, 0.15) is 13.3 Å². The van der Waals surface area contributed by atoms with E-state index in [2.05, 4.69) is 5.32 Å². The normalized spacial score (nSPS) is 19.9. The highest BCUT2D eigenvalue weighted by atomic mass is 35.5. The van der Waals surface area contributed by atoms with Crippen molar-refractivity contribution in [1.29, 1.82) is 0 Å². The SMILES string of the molecule is CC(OC1CCOC1)C(=O)Nc1c(Cl)cc(N)cc1Cl. The molecule has 1 aromatic carbocycles. The topological polar surface area (TPSA) is 73.6 Å². The Kier molecular flexibility index (Phi) is 5.10. The number of hydrogen-bond donors (Lipinski definition) is 2. The van der Waals surface area contributed by atoms with Gasteiger partial charge in [0.1, 0.15) is 6.10 Å². The van der Waals surface area contributed by atoms with E-state index in [0.29, 0.717) is 34.6 Å². The fraction of sp³-hybridized carbons (Fsp3) is 0.462. The van der Waals surface area contributed by atoms with Crippen molar-refractivity contribution in [2.45, 2.75) is 25.6 Å². The quantitative estimate of drug-likeness (QED) is 0.837. The molecular weight excluding hydrogens is 303 g/mol. The van der Waals surface area contributed by atoms with Gasteiger partial charge in [-0.3, -0.25) is 4.79 Å². The highest BCUT2D eigenvalue weighted by Gasteiger charge is 2.23. The van der Waals surface area contributed by atoms with Gasteiger partial charge in [-0.15, -0.1) is 0 Å². The number of ether oxygens (including phenoxy) is 2. The predicted molar refractivity (Wildman–Crippen MR) is 79.3 cm³/mol. The molecule has 2 atom stereocenters. The van der Waals surface area contributed by atoms with Gasteiger partial charge >= 0.3 is 0 Å². The Morgan fingerprint density at radius 2 is 2.15 bits per heavy atom. The maximum Gasteiger partial charge on any atom is 0.253 e. The summed E-state index contributed by atoms with van der Waals surface area (Å²) in [6.07, 6.45) is 0.126. The van der Waals surface area contributed by atoms with Crippen LogP contribution in [0.2, 0.25) is 10.0 Å². The number of amides is 1. The molecule has 20 heavy (non-hydrogen) atoms. The minimum Gasteiger partial charge on any atom is -0.399 e. The zero-order valence-corrected chi connectivity index (χ0v) is 12.5. The standard InChI is InChI=1S/C13H16Cl2N2O3/c1-7(20-9-2-3-19-6-9)13(18)17-12-10(14)4-8(16)5-11(12)15/h4-5,7,9H,2-3,6,16H2,1H3,(H,17,18). The van der Waals surface area contributed by atoms with Gasteiger partial charge in [-0.1, -0.05) is 23.2 Å². The molecule has 1 aliphatic rings. The largest absolute Gasteiger partial charge is 0.399 e. The van der Waals surface area contributed by atoms with Gasteiger partial charge in [-0.25, -0.2) is 0 Å². The molecule has 110 valence electrons. The van der Waals surface area contributed by atoms with Gasteiger partial charge in [0.15, 0.2) is 0 Å². The molecular formula is C13H16Cl2N2O3. The Hall–Kier alpha value is -1.01. The molecule has 3 N–H and O–H groups in total. The fourth-order valence-electron chi connectivity index (χ4n) is 1.91. The summed E-state index contributed by atoms with van der Waals surface area (Å²) >= 11 is 12.0. The van der Waals surface area contributed by atoms with Gasteiger partial charge in [0.05, 0.1) is 28.4 Å². The Bertz CT molecular complexity index is 481. The van der Waals surface area contributed by atoms with Crippen LogP contribution in [0.5, 0.6) is 0 Å². The molecule has 7 heteroatoms. The third kappa shape index (κ3) is 3.76. The summed E-state index contributed by atoms with van der Waals surface area (Å²) in [7, 11) is 0. The molecule has 1 aromatic rings. The number of rotatable bonds is 4. The molecule has 0 bridgehead atoms. The van der Waals surface area contributed by atoms with Crippen LogP contribution >= 0.6 is 23.2 Å². The number of nitrogen functional groups attached to an aromatic ring is 1. The van der Waals surface area contributed by atoms with E-state index in [4.69, 9.17) is 38.4 Å². The summed E-state index contributed by atoms with van der Waals surface area (Å²) in [6.45, 7) is 2.85. The zero-order chi connectivity index (χ0) is 14.7. The second-order valence-corrected chi connectivity index (χ2v) is 5.43. The Balaban J connectivity index is 2.00. The molecule has 0 spiro atoms. The lowest BCUT2D eigenvalue weighted by Gasteiger charge is -2.18. The summed E-state index contributed by atoms with van der Waals surface area (Å²) in [6, 6.07) is 3.05. The molecule has 0 aliphatic carbocycles. The first-order chi connectivity index (χ1) is 9.47. The Morgan fingerprint density at radius 1 is 1.50 bits per heavy atom. The highest BCUT2D eigenvalue weighted by Crippen LogP contribution is 2.33. The van der Waals surface area contributed by atoms with Crippen molar-refractivity contribution in [3.8, 4) is 0 Å². The second kappa shape index (κ2) is 6.63. The maximum absolute atomic E-state index is 12.1. The number of anilines is 2. The van der Waals surface area contributed by atoms with E-state index in [1.54, 1.807) is 6.92 Å². The predicted octanol–water partition coefficient (Wildman–Crippen LogP) is 2.71. The van der Waals surface area contributed by atoms with Gasteiger partial charge in [0.25, 0.3) is 5.91 Å². The summed E-state index contributed by atoms with van der Waals surface area (Å²) in [5.41, 5.74) is 6.38. The summed E-state index contributed by atoms with van der Waals surface area (Å²) in [5, 5.41) is 3.24. The molecule has 0 saturated carbocycles. The first kappa shape index (κ1) is 15.4. The molecule has 0 aromatic heterocycles. The lowest BCUT2D eigenvalue weighted by molar-refractivity contribution is -0.129. The second-order valence-electron chi connectivity index (χ2n) is 4.61. The van der Waals surface area contributed by atoms with Gasteiger partial charge in [-0.2, -0.15) is 0 Å². The molecule has 2 rings (SSSR count). The van der Waals surface area contributed by atoms with Crippen molar-refractivity contribution in [3.63, 3.8) is 0 Å². The third-order valence-electron chi connectivity index (χ3n) is 2.97. The molecule has 1 amide bonds. The number of carbonyl (C=O) groups excluding carboxylic acids is 1. The molecule has 1 saturated heterocycles. The van der Waals surface area contributed by atoms with Crippen LogP contribution in [-0.4, -0.2) is 31.3 Å². The van der Waals surface area contributed by atoms with E-state index in [1.165, 1.54) is 12.1 Å². The first-order valence-corrected chi connectivity index (χ1v) is 7.01. The third-order valence-corrected chi connectivity index (χ3v) is 3.56. The van der Waals surface area contributed by atoms with Crippen LogP contribution in [0.15, 0.2) is 12.1 Å². The van der Waals surface area contributed by atoms with Crippen molar-refractivity contribution < 1.29 is 14.3 Å². The smallest absolute Gasteiger partial charge is 0.253 e. The van der Waals surface area contributed by atoms with E-state index in [9.17, 15) is 4.79 Å². The van der Waals surface area contributed by atoms with Gasteiger partial charge < -0.3 is 20.5 Å². The van der Waals surface area contributed by atoms with Gasteiger partial charge in [0, 0.05) is 12.3 Å². The van der Waals surface area contributed by atoms with E-state index in [-0.39, 0.29) is 12.0 Å². The molecule has 1 fully saturated rings. The number of hydrogen-bond acceptors (Lipinski definition) is 4. The van der Waals surface area contributed by atoms with Crippen molar-refractivity contribution in [2.75, 3.05) is 24.3 Å². The molecule has 0 radical (unpaired) electrons. The average Bonchev–Trinajstić information content (AvgIpc) is 2.86. The molecule has 5 nitrogen and oxygen atoms in total. The van der Waals surface area contributed by atoms with Crippen LogP contribution in [0.4, 0.5) is 11.4 Å². The van der Waals surface area contributed by atoms with Crippen molar-refractivity contribution >= 4 is 40.5 Å². The lowest BCUT2D eigenvalue weighted by Crippen LogP contribution is -2.32. The van der Waals surface area contributed by atoms with Gasteiger partial charge in [0.2, 0.25) is 0 Å². The molecule has 2 unspecified atom stereocenters. The lowest BCUT2D eigenvalue weighted by atomic mass is 10.2. The van der Waals surface area contributed by atoms with Crippen molar-refractivity contribution in [1.82, 2.24) is 0 Å². The van der Waals surface area contributed by atoms with Crippen LogP contribution < -0.4 is 11.1 Å². The number of carbonyl (C=O) groups is 1. The molecule has 1 heterocycles. The number of nitrogens with two attached hydrogens (primary N) is 1. The van der Waals surface area contributed by atoms with E-state index < -0.39 is 6.10 Å². The summed E-state index contributed by atoms with van der Waals surface area (Å²) in [4.78, 5) is 12.1. The highest BCUT2D eigenvalue weighted by molar-refractivity contribution is 6.40. The summed E-state index contributed by atoms with van der Waals surface area (Å²) in [5.74, 6) is -0.314. The van der Waals surface area contributed by atoms with Crippen LogP contribution in [-0.2, 0) is 14.3 Å². The van der Waals surface area contributed by atoms with Crippen molar-refractivity contribution in [3.05, 3.63) is 22.2 Å². The van der Waals surface area contributed by atoms with Gasteiger partial charge in [-0.05, 0) is 25.5 Å². The van der Waals surface area contributed by atoms with Crippen LogP contribution in [0.3, 0.4) is 0 Å². The maximum atomic E-state index is 12.1. The number of nitrogens with one attached hydrogen (secondary N) is 1. The molecule has 1 aliphatic heterocycles. The minimum atomic E-state index is -0.619. The number of halogens is 2. The summed E-state index contributed by atoms with van der Waals surface area (Å²) < 4.78 is 10.8. The fourth-order valence-corrected chi connectivity index (χ4v) is 2.51.